The van der Waals surface area contributed by atoms with E-state index in [1.54, 1.807) is 6.07 Å². The minimum absolute atomic E-state index is 0.117. The van der Waals surface area contributed by atoms with Crippen molar-refractivity contribution in [3.05, 3.63) is 65.6 Å². The first kappa shape index (κ1) is 22.0. The summed E-state index contributed by atoms with van der Waals surface area (Å²) in [6, 6.07) is 12.8. The lowest BCUT2D eigenvalue weighted by molar-refractivity contribution is 0.0383. The Kier molecular flexibility index (Phi) is 6.82. The fourth-order valence-corrected chi connectivity index (χ4v) is 3.92. The predicted molar refractivity (Wildman–Crippen MR) is 122 cm³/mol. The molecule has 0 aliphatic carbocycles. The lowest BCUT2D eigenvalue weighted by Gasteiger charge is -2.26. The van der Waals surface area contributed by atoms with E-state index in [4.69, 9.17) is 4.74 Å². The molecule has 2 amide bonds. The van der Waals surface area contributed by atoms with Crippen molar-refractivity contribution in [3.63, 3.8) is 0 Å². The normalized spacial score (nSPS) is 14.4. The molecule has 32 heavy (non-hydrogen) atoms. The first-order valence-electron chi connectivity index (χ1n) is 10.8. The van der Waals surface area contributed by atoms with Gasteiger partial charge in [-0.2, -0.15) is 0 Å². The number of morpholine rings is 1. The maximum absolute atomic E-state index is 13.1. The zero-order valence-corrected chi connectivity index (χ0v) is 18.1. The molecule has 2 heterocycles. The van der Waals surface area contributed by atoms with Crippen LogP contribution in [-0.2, 0) is 11.3 Å². The van der Waals surface area contributed by atoms with Gasteiger partial charge in [0.1, 0.15) is 11.5 Å². The summed E-state index contributed by atoms with van der Waals surface area (Å²) < 4.78 is 20.4. The standard InChI is InChI=1S/C24H27FN4O3/c1-2-29-21-8-7-20(27-23(30)17-3-5-19(25)6-4-17)15-18(21)16-22(29)24(31)26-9-10-28-11-13-32-14-12-28/h3-8,15-16H,2,9-14H2,1H3,(H,26,31)(H,27,30). The number of aryl methyl sites for hydroxylation is 1. The van der Waals surface area contributed by atoms with Gasteiger partial charge >= 0.3 is 0 Å². The number of aromatic nitrogens is 1. The Morgan fingerprint density at radius 2 is 1.78 bits per heavy atom. The van der Waals surface area contributed by atoms with Crippen molar-refractivity contribution < 1.29 is 18.7 Å². The number of amides is 2. The van der Waals surface area contributed by atoms with Crippen LogP contribution in [0.4, 0.5) is 10.1 Å². The molecule has 2 N–H and O–H groups in total. The number of nitrogens with one attached hydrogen (secondary N) is 2. The summed E-state index contributed by atoms with van der Waals surface area (Å²) >= 11 is 0. The molecule has 1 aliphatic heterocycles. The van der Waals surface area contributed by atoms with Crippen LogP contribution in [0.3, 0.4) is 0 Å². The van der Waals surface area contributed by atoms with Gasteiger partial charge in [0.2, 0.25) is 0 Å². The molecule has 8 heteroatoms. The smallest absolute Gasteiger partial charge is 0.267 e. The van der Waals surface area contributed by atoms with Gasteiger partial charge in [0.15, 0.2) is 0 Å². The third kappa shape index (κ3) is 4.98. The van der Waals surface area contributed by atoms with Crippen molar-refractivity contribution in [1.82, 2.24) is 14.8 Å². The van der Waals surface area contributed by atoms with Gasteiger partial charge in [-0.15, -0.1) is 0 Å². The van der Waals surface area contributed by atoms with Crippen LogP contribution in [0.2, 0.25) is 0 Å². The van der Waals surface area contributed by atoms with Crippen LogP contribution in [0.1, 0.15) is 27.8 Å². The lowest BCUT2D eigenvalue weighted by Crippen LogP contribution is -2.41. The van der Waals surface area contributed by atoms with Gasteiger partial charge < -0.3 is 19.9 Å². The topological polar surface area (TPSA) is 75.6 Å². The van der Waals surface area contributed by atoms with Crippen LogP contribution in [0.25, 0.3) is 10.9 Å². The van der Waals surface area contributed by atoms with Crippen LogP contribution in [0.5, 0.6) is 0 Å². The Bertz CT molecular complexity index is 1100. The minimum Gasteiger partial charge on any atom is -0.379 e. The number of hydrogen-bond donors (Lipinski definition) is 2. The molecular weight excluding hydrogens is 411 g/mol. The predicted octanol–water partition coefficient (Wildman–Crippen LogP) is 3.11. The van der Waals surface area contributed by atoms with Crippen molar-refractivity contribution in [2.45, 2.75) is 13.5 Å². The SMILES string of the molecule is CCn1c(C(=O)NCCN2CCOCC2)cc2cc(NC(=O)c3ccc(F)cc3)ccc21. The highest BCUT2D eigenvalue weighted by atomic mass is 19.1. The van der Waals surface area contributed by atoms with Crippen molar-refractivity contribution in [2.75, 3.05) is 44.7 Å². The number of carbonyl (C=O) groups is 2. The molecule has 1 aromatic heterocycles. The molecule has 1 fully saturated rings. The van der Waals surface area contributed by atoms with Gasteiger partial charge in [-0.05, 0) is 55.5 Å². The average molecular weight is 439 g/mol. The molecule has 0 saturated carbocycles. The van der Waals surface area contributed by atoms with Gasteiger partial charge in [0, 0.05) is 54.9 Å². The second-order valence-corrected chi connectivity index (χ2v) is 7.72. The number of benzene rings is 2. The summed E-state index contributed by atoms with van der Waals surface area (Å²) in [5, 5.41) is 6.70. The fourth-order valence-electron chi connectivity index (χ4n) is 3.92. The number of anilines is 1. The third-order valence-corrected chi connectivity index (χ3v) is 5.63. The van der Waals surface area contributed by atoms with Crippen LogP contribution >= 0.6 is 0 Å². The molecule has 3 aromatic rings. The van der Waals surface area contributed by atoms with E-state index in [-0.39, 0.29) is 17.6 Å². The van der Waals surface area contributed by atoms with Gasteiger partial charge in [0.05, 0.1) is 13.2 Å². The molecule has 1 saturated heterocycles. The molecule has 7 nitrogen and oxygen atoms in total. The molecular formula is C24H27FN4O3. The molecule has 4 rings (SSSR count). The number of nitrogens with zero attached hydrogens (tertiary/aromatic N) is 2. The first-order valence-corrected chi connectivity index (χ1v) is 10.8. The van der Waals surface area contributed by atoms with Gasteiger partial charge in [0.25, 0.3) is 11.8 Å². The van der Waals surface area contributed by atoms with E-state index in [9.17, 15) is 14.0 Å². The zero-order chi connectivity index (χ0) is 22.5. The summed E-state index contributed by atoms with van der Waals surface area (Å²) in [5.74, 6) is -0.826. The molecule has 0 spiro atoms. The number of halogens is 1. The van der Waals surface area contributed by atoms with Crippen LogP contribution in [-0.4, -0.2) is 60.7 Å². The Balaban J connectivity index is 1.45. The summed E-state index contributed by atoms with van der Waals surface area (Å²) in [6.45, 7) is 7.25. The Morgan fingerprint density at radius 3 is 2.50 bits per heavy atom. The second-order valence-electron chi connectivity index (χ2n) is 7.72. The average Bonchev–Trinajstić information content (AvgIpc) is 3.18. The van der Waals surface area contributed by atoms with E-state index in [0.29, 0.717) is 30.0 Å². The molecule has 1 aliphatic rings. The molecule has 0 unspecified atom stereocenters. The van der Waals surface area contributed by atoms with E-state index >= 15 is 0 Å². The van der Waals surface area contributed by atoms with Gasteiger partial charge in [-0.25, -0.2) is 4.39 Å². The van der Waals surface area contributed by atoms with Crippen LogP contribution in [0.15, 0.2) is 48.5 Å². The Hall–Kier alpha value is -3.23. The summed E-state index contributed by atoms with van der Waals surface area (Å²) in [4.78, 5) is 27.5. The van der Waals surface area contributed by atoms with E-state index in [1.165, 1.54) is 24.3 Å². The van der Waals surface area contributed by atoms with E-state index < -0.39 is 0 Å². The largest absolute Gasteiger partial charge is 0.379 e. The maximum Gasteiger partial charge on any atom is 0.267 e. The molecule has 0 atom stereocenters. The highest BCUT2D eigenvalue weighted by Crippen LogP contribution is 2.24. The highest BCUT2D eigenvalue weighted by molar-refractivity contribution is 6.05. The van der Waals surface area contributed by atoms with E-state index in [0.717, 1.165) is 43.8 Å². The van der Waals surface area contributed by atoms with Gasteiger partial charge in [-0.3, -0.25) is 14.5 Å². The third-order valence-electron chi connectivity index (χ3n) is 5.63. The molecule has 2 aromatic carbocycles. The van der Waals surface area contributed by atoms with Crippen molar-refractivity contribution in [1.29, 1.82) is 0 Å². The summed E-state index contributed by atoms with van der Waals surface area (Å²) in [7, 11) is 0. The molecule has 0 radical (unpaired) electrons. The summed E-state index contributed by atoms with van der Waals surface area (Å²) in [6.07, 6.45) is 0. The zero-order valence-electron chi connectivity index (χ0n) is 18.1. The Morgan fingerprint density at radius 1 is 1.03 bits per heavy atom. The second kappa shape index (κ2) is 9.93. The molecule has 168 valence electrons. The van der Waals surface area contributed by atoms with Crippen LogP contribution < -0.4 is 10.6 Å². The number of hydrogen-bond acceptors (Lipinski definition) is 4. The maximum atomic E-state index is 13.1. The number of ether oxygens (including phenoxy) is 1. The molecule has 0 bridgehead atoms. The highest BCUT2D eigenvalue weighted by Gasteiger charge is 2.16. The number of fused-ring (bicyclic) bond motifs is 1. The first-order chi connectivity index (χ1) is 15.5. The van der Waals surface area contributed by atoms with Crippen LogP contribution in [0, 0.1) is 5.82 Å². The monoisotopic (exact) mass is 438 g/mol. The van der Waals surface area contributed by atoms with E-state index in [1.807, 2.05) is 29.7 Å². The number of rotatable bonds is 7. The van der Waals surface area contributed by atoms with E-state index in [2.05, 4.69) is 15.5 Å². The lowest BCUT2D eigenvalue weighted by atomic mass is 10.2. The minimum atomic E-state index is -0.389. The quantitative estimate of drug-likeness (QED) is 0.594. The number of carbonyl (C=O) groups excluding carboxylic acids is 2. The Labute approximate surface area is 186 Å². The van der Waals surface area contributed by atoms with Gasteiger partial charge in [-0.1, -0.05) is 0 Å². The van der Waals surface area contributed by atoms with Crippen molar-refractivity contribution in [3.8, 4) is 0 Å². The van der Waals surface area contributed by atoms with Crippen molar-refractivity contribution >= 4 is 28.4 Å². The fraction of sp³-hybridized carbons (Fsp3) is 0.333. The summed E-state index contributed by atoms with van der Waals surface area (Å²) in [5.41, 5.74) is 2.49. The van der Waals surface area contributed by atoms with Crippen molar-refractivity contribution in [2.24, 2.45) is 0 Å².